The van der Waals surface area contributed by atoms with Crippen molar-refractivity contribution >= 4 is 23.4 Å². The van der Waals surface area contributed by atoms with Crippen LogP contribution >= 0.6 is 11.8 Å². The van der Waals surface area contributed by atoms with Crippen LogP contribution in [0.5, 0.6) is 0 Å². The lowest BCUT2D eigenvalue weighted by molar-refractivity contribution is -0.120. The maximum absolute atomic E-state index is 12.0. The summed E-state index contributed by atoms with van der Waals surface area (Å²) in [5, 5.41) is 3.05. The van der Waals surface area contributed by atoms with E-state index in [1.807, 2.05) is 31.2 Å². The fourth-order valence-corrected chi connectivity index (χ4v) is 3.18. The molecule has 4 heteroatoms. The smallest absolute Gasteiger partial charge is 0.233 e. The summed E-state index contributed by atoms with van der Waals surface area (Å²) in [5.41, 5.74) is 6.47. The van der Waals surface area contributed by atoms with E-state index < -0.39 is 0 Å². The van der Waals surface area contributed by atoms with Crippen molar-refractivity contribution in [3.63, 3.8) is 0 Å². The molecular formula is C14H20N2OS. The number of rotatable bonds is 4. The normalized spacial score (nSPS) is 17.6. The first-order chi connectivity index (χ1) is 8.65. The lowest BCUT2D eigenvalue weighted by Gasteiger charge is -2.16. The van der Waals surface area contributed by atoms with Crippen LogP contribution in [-0.2, 0) is 4.79 Å². The number of benzene rings is 1. The van der Waals surface area contributed by atoms with E-state index in [9.17, 15) is 4.79 Å². The molecule has 1 aromatic carbocycles. The number of hydrogen-bond donors (Lipinski definition) is 2. The lowest BCUT2D eigenvalue weighted by Crippen LogP contribution is -2.37. The summed E-state index contributed by atoms with van der Waals surface area (Å²) < 4.78 is 0. The zero-order valence-corrected chi connectivity index (χ0v) is 11.5. The highest BCUT2D eigenvalue weighted by atomic mass is 32.2. The van der Waals surface area contributed by atoms with E-state index in [0.717, 1.165) is 23.4 Å². The molecule has 0 spiro atoms. The summed E-state index contributed by atoms with van der Waals surface area (Å²) in [4.78, 5) is 13.1. The molecule has 0 bridgehead atoms. The van der Waals surface area contributed by atoms with Gasteiger partial charge in [0.05, 0.1) is 5.25 Å². The summed E-state index contributed by atoms with van der Waals surface area (Å²) in [5.74, 6) is 0.134. The number of nitrogens with two attached hydrogens (primary N) is 1. The Bertz CT molecular complexity index is 416. The number of anilines is 1. The quantitative estimate of drug-likeness (QED) is 0.649. The maximum Gasteiger partial charge on any atom is 0.233 e. The van der Waals surface area contributed by atoms with Crippen molar-refractivity contribution in [1.29, 1.82) is 0 Å². The van der Waals surface area contributed by atoms with E-state index in [4.69, 9.17) is 5.73 Å². The van der Waals surface area contributed by atoms with Crippen LogP contribution in [0.1, 0.15) is 32.6 Å². The minimum absolute atomic E-state index is 0.0765. The Balaban J connectivity index is 1.86. The van der Waals surface area contributed by atoms with Crippen molar-refractivity contribution in [1.82, 2.24) is 5.32 Å². The molecule has 0 saturated heterocycles. The molecule has 3 N–H and O–H groups in total. The molecule has 1 aliphatic carbocycles. The summed E-state index contributed by atoms with van der Waals surface area (Å²) in [7, 11) is 0. The zero-order chi connectivity index (χ0) is 13.0. The fraction of sp³-hybridized carbons (Fsp3) is 0.500. The monoisotopic (exact) mass is 264 g/mol. The van der Waals surface area contributed by atoms with Crippen molar-refractivity contribution in [3.05, 3.63) is 24.3 Å². The molecule has 1 atom stereocenters. The van der Waals surface area contributed by atoms with Crippen LogP contribution in [0.3, 0.4) is 0 Å². The van der Waals surface area contributed by atoms with Gasteiger partial charge in [0.25, 0.3) is 0 Å². The lowest BCUT2D eigenvalue weighted by atomic mass is 10.2. The van der Waals surface area contributed by atoms with Crippen molar-refractivity contribution < 1.29 is 4.79 Å². The van der Waals surface area contributed by atoms with Crippen molar-refractivity contribution in [2.24, 2.45) is 0 Å². The van der Waals surface area contributed by atoms with Gasteiger partial charge < -0.3 is 11.1 Å². The Kier molecular flexibility index (Phi) is 4.53. The standard InChI is InChI=1S/C14H20N2OS/c1-10(14(17)16-12-6-2-3-7-12)18-13-8-4-5-11(15)9-13/h4-5,8-10,12H,2-3,6-7,15H2,1H3,(H,16,17). The van der Waals surface area contributed by atoms with Crippen LogP contribution in [0.4, 0.5) is 5.69 Å². The third-order valence-electron chi connectivity index (χ3n) is 3.24. The minimum Gasteiger partial charge on any atom is -0.399 e. The van der Waals surface area contributed by atoms with E-state index >= 15 is 0 Å². The van der Waals surface area contributed by atoms with Gasteiger partial charge in [0.15, 0.2) is 0 Å². The first kappa shape index (κ1) is 13.3. The van der Waals surface area contributed by atoms with E-state index in [0.29, 0.717) is 6.04 Å². The third kappa shape index (κ3) is 3.67. The van der Waals surface area contributed by atoms with Gasteiger partial charge in [-0.3, -0.25) is 4.79 Å². The Morgan fingerprint density at radius 1 is 1.44 bits per heavy atom. The van der Waals surface area contributed by atoms with Gasteiger partial charge in [-0.05, 0) is 38.0 Å². The zero-order valence-electron chi connectivity index (χ0n) is 10.7. The van der Waals surface area contributed by atoms with Gasteiger partial charge in [0.2, 0.25) is 5.91 Å². The molecule has 1 saturated carbocycles. The predicted molar refractivity (Wildman–Crippen MR) is 76.6 cm³/mol. The van der Waals surface area contributed by atoms with E-state index in [1.54, 1.807) is 11.8 Å². The van der Waals surface area contributed by atoms with E-state index in [2.05, 4.69) is 5.32 Å². The second kappa shape index (κ2) is 6.14. The van der Waals surface area contributed by atoms with Gasteiger partial charge in [-0.25, -0.2) is 0 Å². The molecule has 0 radical (unpaired) electrons. The fourth-order valence-electron chi connectivity index (χ4n) is 2.23. The van der Waals surface area contributed by atoms with Crippen LogP contribution in [0, 0.1) is 0 Å². The number of nitrogens with one attached hydrogen (secondary N) is 1. The van der Waals surface area contributed by atoms with Gasteiger partial charge in [-0.15, -0.1) is 11.8 Å². The average molecular weight is 264 g/mol. The van der Waals surface area contributed by atoms with Crippen molar-refractivity contribution in [3.8, 4) is 0 Å². The molecule has 18 heavy (non-hydrogen) atoms. The molecular weight excluding hydrogens is 244 g/mol. The summed E-state index contributed by atoms with van der Waals surface area (Å²) >= 11 is 1.56. The summed E-state index contributed by atoms with van der Waals surface area (Å²) in [6.07, 6.45) is 4.73. The van der Waals surface area contributed by atoms with Gasteiger partial charge in [-0.1, -0.05) is 18.9 Å². The SMILES string of the molecule is CC(Sc1cccc(N)c1)C(=O)NC1CCCC1. The molecule has 1 fully saturated rings. The highest BCUT2D eigenvalue weighted by Gasteiger charge is 2.21. The van der Waals surface area contributed by atoms with Crippen LogP contribution in [0.25, 0.3) is 0 Å². The first-order valence-corrected chi connectivity index (χ1v) is 7.35. The van der Waals surface area contributed by atoms with Gasteiger partial charge in [0, 0.05) is 16.6 Å². The number of thioether (sulfide) groups is 1. The number of nitrogen functional groups attached to an aromatic ring is 1. The highest BCUT2D eigenvalue weighted by Crippen LogP contribution is 2.25. The minimum atomic E-state index is -0.0765. The van der Waals surface area contributed by atoms with Crippen LogP contribution < -0.4 is 11.1 Å². The molecule has 1 amide bonds. The number of carbonyl (C=O) groups is 1. The predicted octanol–water partition coefficient (Wildman–Crippen LogP) is 2.81. The Morgan fingerprint density at radius 3 is 2.83 bits per heavy atom. The second-order valence-corrected chi connectivity index (χ2v) is 6.24. The largest absolute Gasteiger partial charge is 0.399 e. The number of hydrogen-bond acceptors (Lipinski definition) is 3. The van der Waals surface area contributed by atoms with Gasteiger partial charge in [-0.2, -0.15) is 0 Å². The molecule has 1 aromatic rings. The summed E-state index contributed by atoms with van der Waals surface area (Å²) in [6.45, 7) is 1.94. The highest BCUT2D eigenvalue weighted by molar-refractivity contribution is 8.00. The van der Waals surface area contributed by atoms with Crippen LogP contribution in [0.2, 0.25) is 0 Å². The van der Waals surface area contributed by atoms with Gasteiger partial charge in [0.1, 0.15) is 0 Å². The molecule has 1 aliphatic rings. The third-order valence-corrected chi connectivity index (χ3v) is 4.34. The van der Waals surface area contributed by atoms with Crippen LogP contribution in [0.15, 0.2) is 29.2 Å². The Hall–Kier alpha value is -1.16. The van der Waals surface area contributed by atoms with Gasteiger partial charge >= 0.3 is 0 Å². The molecule has 0 heterocycles. The van der Waals surface area contributed by atoms with Crippen molar-refractivity contribution in [2.45, 2.75) is 48.8 Å². The maximum atomic E-state index is 12.0. The van der Waals surface area contributed by atoms with Crippen LogP contribution in [-0.4, -0.2) is 17.2 Å². The van der Waals surface area contributed by atoms with Crippen molar-refractivity contribution in [2.75, 3.05) is 5.73 Å². The van der Waals surface area contributed by atoms with E-state index in [-0.39, 0.29) is 11.2 Å². The summed E-state index contributed by atoms with van der Waals surface area (Å²) in [6, 6.07) is 8.05. The molecule has 1 unspecified atom stereocenters. The number of carbonyl (C=O) groups excluding carboxylic acids is 1. The first-order valence-electron chi connectivity index (χ1n) is 6.48. The molecule has 98 valence electrons. The topological polar surface area (TPSA) is 55.1 Å². The Morgan fingerprint density at radius 2 is 2.17 bits per heavy atom. The second-order valence-electron chi connectivity index (χ2n) is 4.82. The molecule has 3 nitrogen and oxygen atoms in total. The molecule has 0 aromatic heterocycles. The number of amides is 1. The van der Waals surface area contributed by atoms with E-state index in [1.165, 1.54) is 12.8 Å². The molecule has 0 aliphatic heterocycles. The average Bonchev–Trinajstić information content (AvgIpc) is 2.81. The Labute approximate surface area is 113 Å². The molecule has 2 rings (SSSR count).